The molecule has 96 valence electrons. The third-order valence-corrected chi connectivity index (χ3v) is 2.67. The highest BCUT2D eigenvalue weighted by atomic mass is 35.5. The van der Waals surface area contributed by atoms with Crippen molar-refractivity contribution >= 4 is 17.6 Å². The highest BCUT2D eigenvalue weighted by molar-refractivity contribution is 6.30. The van der Waals surface area contributed by atoms with Gasteiger partial charge < -0.3 is 9.84 Å². The molecule has 0 radical (unpaired) electrons. The molecule has 18 heavy (non-hydrogen) atoms. The Morgan fingerprint density at radius 1 is 1.44 bits per heavy atom. The molecule has 1 heterocycles. The first-order valence-corrected chi connectivity index (χ1v) is 6.08. The summed E-state index contributed by atoms with van der Waals surface area (Å²) in [7, 11) is 0. The fraction of sp³-hybridized carbons (Fsp3) is 0.333. The molecule has 0 amide bonds. The second-order valence-corrected chi connectivity index (χ2v) is 4.24. The summed E-state index contributed by atoms with van der Waals surface area (Å²) in [6.45, 7) is 2.79. The molecule has 0 aliphatic carbocycles. The van der Waals surface area contributed by atoms with Crippen LogP contribution in [0.4, 0.5) is 10.4 Å². The fourth-order valence-electron chi connectivity index (χ4n) is 1.48. The van der Waals surface area contributed by atoms with Crippen LogP contribution in [0.2, 0.25) is 5.02 Å². The molecular weight excluding hydrogens is 257 g/mol. The van der Waals surface area contributed by atoms with Crippen molar-refractivity contribution in [3.05, 3.63) is 40.4 Å². The van der Waals surface area contributed by atoms with Gasteiger partial charge in [-0.2, -0.15) is 4.98 Å². The third-order valence-electron chi connectivity index (χ3n) is 2.37. The van der Waals surface area contributed by atoms with Gasteiger partial charge in [-0.3, -0.25) is 0 Å². The van der Waals surface area contributed by atoms with Gasteiger partial charge in [-0.1, -0.05) is 35.8 Å². The Kier molecular flexibility index (Phi) is 4.15. The molecule has 0 aliphatic heterocycles. The first kappa shape index (κ1) is 12.8. The predicted octanol–water partition coefficient (Wildman–Crippen LogP) is 3.27. The lowest BCUT2D eigenvalue weighted by Crippen LogP contribution is -2.00. The number of anilines is 1. The lowest BCUT2D eigenvalue weighted by Gasteiger charge is -2.00. The quantitative estimate of drug-likeness (QED) is 0.905. The van der Waals surface area contributed by atoms with E-state index in [1.807, 2.05) is 6.92 Å². The Bertz CT molecular complexity index is 530. The summed E-state index contributed by atoms with van der Waals surface area (Å²) in [5, 5.41) is 6.84. The first-order chi connectivity index (χ1) is 8.70. The number of nitrogens with zero attached hydrogens (tertiary/aromatic N) is 2. The van der Waals surface area contributed by atoms with Gasteiger partial charge in [0.2, 0.25) is 0 Å². The fourth-order valence-corrected chi connectivity index (χ4v) is 1.68. The van der Waals surface area contributed by atoms with Crippen molar-refractivity contribution in [3.63, 3.8) is 0 Å². The van der Waals surface area contributed by atoms with Crippen LogP contribution >= 0.6 is 11.6 Å². The van der Waals surface area contributed by atoms with E-state index in [0.29, 0.717) is 17.4 Å². The van der Waals surface area contributed by atoms with Gasteiger partial charge in [-0.15, -0.1) is 0 Å². The summed E-state index contributed by atoms with van der Waals surface area (Å²) in [4.78, 5) is 4.12. The van der Waals surface area contributed by atoms with Crippen molar-refractivity contribution in [1.29, 1.82) is 0 Å². The second kappa shape index (κ2) is 5.82. The van der Waals surface area contributed by atoms with Gasteiger partial charge >= 0.3 is 6.01 Å². The van der Waals surface area contributed by atoms with Crippen molar-refractivity contribution < 1.29 is 8.91 Å². The van der Waals surface area contributed by atoms with E-state index in [9.17, 15) is 4.39 Å². The largest absolute Gasteiger partial charge is 0.338 e. The van der Waals surface area contributed by atoms with E-state index in [1.54, 1.807) is 12.1 Å². The van der Waals surface area contributed by atoms with E-state index in [1.165, 1.54) is 6.07 Å². The van der Waals surface area contributed by atoms with Crippen molar-refractivity contribution in [2.45, 2.75) is 19.8 Å². The second-order valence-electron chi connectivity index (χ2n) is 3.83. The molecule has 1 aromatic carbocycles. The third kappa shape index (κ3) is 2.98. The van der Waals surface area contributed by atoms with Crippen LogP contribution in [0.3, 0.4) is 0 Å². The van der Waals surface area contributed by atoms with Crippen molar-refractivity contribution in [1.82, 2.24) is 10.1 Å². The topological polar surface area (TPSA) is 51.0 Å². The zero-order valence-corrected chi connectivity index (χ0v) is 10.7. The minimum atomic E-state index is -0.438. The molecule has 1 N–H and O–H groups in total. The molecule has 6 heteroatoms. The highest BCUT2D eigenvalue weighted by Gasteiger charge is 2.11. The van der Waals surface area contributed by atoms with Crippen LogP contribution in [0.5, 0.6) is 0 Å². The van der Waals surface area contributed by atoms with E-state index < -0.39 is 5.82 Å². The van der Waals surface area contributed by atoms with Crippen LogP contribution in [0, 0.1) is 5.82 Å². The Hall–Kier alpha value is -1.62. The van der Waals surface area contributed by atoms with E-state index in [0.717, 1.165) is 13.0 Å². The van der Waals surface area contributed by atoms with Gasteiger partial charge in [0.1, 0.15) is 5.82 Å². The Balaban J connectivity index is 2.09. The molecule has 0 saturated carbocycles. The van der Waals surface area contributed by atoms with Gasteiger partial charge in [0, 0.05) is 13.0 Å². The first-order valence-electron chi connectivity index (χ1n) is 5.70. The SMILES string of the molecule is CCCNc1nc(Cc2cccc(Cl)c2F)no1. The van der Waals surface area contributed by atoms with Crippen LogP contribution in [-0.4, -0.2) is 16.7 Å². The van der Waals surface area contributed by atoms with Gasteiger partial charge in [0.05, 0.1) is 5.02 Å². The summed E-state index contributed by atoms with van der Waals surface area (Å²) in [6.07, 6.45) is 1.21. The van der Waals surface area contributed by atoms with Gasteiger partial charge in [-0.05, 0) is 18.1 Å². The van der Waals surface area contributed by atoms with Gasteiger partial charge in [0.15, 0.2) is 5.82 Å². The number of hydrogen-bond acceptors (Lipinski definition) is 4. The number of rotatable bonds is 5. The number of halogens is 2. The minimum Gasteiger partial charge on any atom is -0.338 e. The van der Waals surface area contributed by atoms with E-state index in [2.05, 4.69) is 15.5 Å². The average molecular weight is 270 g/mol. The molecular formula is C12H13ClFN3O. The lowest BCUT2D eigenvalue weighted by molar-refractivity contribution is 0.423. The minimum absolute atomic E-state index is 0.0975. The van der Waals surface area contributed by atoms with Crippen molar-refractivity contribution in [2.24, 2.45) is 0 Å². The Morgan fingerprint density at radius 2 is 2.28 bits per heavy atom. The Labute approximate surface area is 109 Å². The molecule has 2 rings (SSSR count). The molecule has 0 unspecified atom stereocenters. The van der Waals surface area contributed by atoms with Crippen molar-refractivity contribution in [2.75, 3.05) is 11.9 Å². The van der Waals surface area contributed by atoms with Crippen LogP contribution in [0.1, 0.15) is 24.7 Å². The van der Waals surface area contributed by atoms with Crippen molar-refractivity contribution in [3.8, 4) is 0 Å². The zero-order valence-electron chi connectivity index (χ0n) is 9.91. The maximum Gasteiger partial charge on any atom is 0.321 e. The maximum atomic E-state index is 13.7. The summed E-state index contributed by atoms with van der Waals surface area (Å²) in [6, 6.07) is 5.20. The molecule has 0 bridgehead atoms. The molecule has 0 saturated heterocycles. The van der Waals surface area contributed by atoms with E-state index >= 15 is 0 Å². The monoisotopic (exact) mass is 269 g/mol. The highest BCUT2D eigenvalue weighted by Crippen LogP contribution is 2.20. The van der Waals surface area contributed by atoms with Gasteiger partial charge in [-0.25, -0.2) is 4.39 Å². The van der Waals surface area contributed by atoms with E-state index in [4.69, 9.17) is 16.1 Å². The number of aromatic nitrogens is 2. The number of hydrogen-bond donors (Lipinski definition) is 1. The zero-order chi connectivity index (χ0) is 13.0. The van der Waals surface area contributed by atoms with Gasteiger partial charge in [0.25, 0.3) is 0 Å². The molecule has 0 atom stereocenters. The van der Waals surface area contributed by atoms with Crippen LogP contribution in [0.25, 0.3) is 0 Å². The normalized spacial score (nSPS) is 10.6. The summed E-state index contributed by atoms with van der Waals surface area (Å²) < 4.78 is 18.6. The Morgan fingerprint density at radius 3 is 3.06 bits per heavy atom. The summed E-state index contributed by atoms with van der Waals surface area (Å²) in [5.74, 6) is -0.0122. The molecule has 4 nitrogen and oxygen atoms in total. The molecule has 1 aromatic heterocycles. The number of benzene rings is 1. The predicted molar refractivity (Wildman–Crippen MR) is 67.3 cm³/mol. The van der Waals surface area contributed by atoms with Crippen LogP contribution in [-0.2, 0) is 6.42 Å². The molecule has 0 fully saturated rings. The molecule has 0 spiro atoms. The smallest absolute Gasteiger partial charge is 0.321 e. The standard InChI is InChI=1S/C12H13ClFN3O/c1-2-6-15-12-16-10(17-18-12)7-8-4-3-5-9(13)11(8)14/h3-5H,2,6-7H2,1H3,(H,15,16,17). The molecule has 2 aromatic rings. The molecule has 0 aliphatic rings. The van der Waals surface area contributed by atoms with Crippen LogP contribution < -0.4 is 5.32 Å². The lowest BCUT2D eigenvalue weighted by atomic mass is 10.1. The summed E-state index contributed by atoms with van der Waals surface area (Å²) >= 11 is 5.70. The summed E-state index contributed by atoms with van der Waals surface area (Å²) in [5.41, 5.74) is 0.449. The van der Waals surface area contributed by atoms with Crippen LogP contribution in [0.15, 0.2) is 22.7 Å². The van der Waals surface area contributed by atoms with E-state index in [-0.39, 0.29) is 11.4 Å². The average Bonchev–Trinajstić information content (AvgIpc) is 2.80. The maximum absolute atomic E-state index is 13.7. The number of nitrogens with one attached hydrogen (secondary N) is 1.